The zero-order valence-corrected chi connectivity index (χ0v) is 18.9. The van der Waals surface area contributed by atoms with E-state index in [1.807, 2.05) is 0 Å². The summed E-state index contributed by atoms with van der Waals surface area (Å²) < 4.78 is 54.0. The van der Waals surface area contributed by atoms with Gasteiger partial charge in [-0.2, -0.15) is 0 Å². The van der Waals surface area contributed by atoms with E-state index in [4.69, 9.17) is 0 Å². The van der Waals surface area contributed by atoms with Gasteiger partial charge in [0.1, 0.15) is 0 Å². The summed E-state index contributed by atoms with van der Waals surface area (Å²) in [5.74, 6) is 1.08. The van der Waals surface area contributed by atoms with E-state index >= 15 is 0 Å². The Balaban J connectivity index is 1.33. The summed E-state index contributed by atoms with van der Waals surface area (Å²) >= 11 is 0. The number of nitrogens with one attached hydrogen (secondary N) is 1. The van der Waals surface area contributed by atoms with Crippen LogP contribution >= 0.6 is 0 Å². The van der Waals surface area contributed by atoms with Crippen LogP contribution in [0.1, 0.15) is 25.7 Å². The molecule has 2 aliphatic heterocycles. The molecule has 0 radical (unpaired) electrons. The van der Waals surface area contributed by atoms with Gasteiger partial charge in [-0.15, -0.1) is 0 Å². The standard InChI is InChI=1S/C20H27N5O4S2/c26-30(27)15-2-1-12-25(30)18-4-6-19(7-5-18)31(28,29)23-16-17-8-13-24(14-9-17)20-21-10-3-11-22-20/h3-7,10-11,17,23H,1-2,8-9,12-16H2. The maximum atomic E-state index is 12.7. The third kappa shape index (κ3) is 5.16. The van der Waals surface area contributed by atoms with Gasteiger partial charge in [0.25, 0.3) is 0 Å². The van der Waals surface area contributed by atoms with Crippen LogP contribution in [0.2, 0.25) is 0 Å². The lowest BCUT2D eigenvalue weighted by molar-refractivity contribution is 0.399. The Morgan fingerprint density at radius 2 is 1.68 bits per heavy atom. The second kappa shape index (κ2) is 9.09. The van der Waals surface area contributed by atoms with E-state index in [2.05, 4.69) is 19.6 Å². The second-order valence-electron chi connectivity index (χ2n) is 7.92. The lowest BCUT2D eigenvalue weighted by Gasteiger charge is -2.31. The zero-order valence-electron chi connectivity index (χ0n) is 17.2. The third-order valence-electron chi connectivity index (χ3n) is 5.80. The van der Waals surface area contributed by atoms with Crippen molar-refractivity contribution in [3.05, 3.63) is 42.7 Å². The number of sulfonamides is 2. The van der Waals surface area contributed by atoms with Crippen molar-refractivity contribution in [3.63, 3.8) is 0 Å². The van der Waals surface area contributed by atoms with Crippen LogP contribution in [0.25, 0.3) is 0 Å². The fraction of sp³-hybridized carbons (Fsp3) is 0.500. The molecule has 0 aliphatic carbocycles. The Kier molecular flexibility index (Phi) is 6.44. The van der Waals surface area contributed by atoms with E-state index in [1.165, 1.54) is 16.4 Å². The summed E-state index contributed by atoms with van der Waals surface area (Å²) in [4.78, 5) is 10.8. The molecule has 0 bridgehead atoms. The minimum atomic E-state index is -3.66. The predicted octanol–water partition coefficient (Wildman–Crippen LogP) is 1.60. The van der Waals surface area contributed by atoms with Gasteiger partial charge >= 0.3 is 0 Å². The van der Waals surface area contributed by atoms with E-state index in [0.717, 1.165) is 32.4 Å². The molecule has 0 spiro atoms. The first-order valence-electron chi connectivity index (χ1n) is 10.5. The molecular weight excluding hydrogens is 438 g/mol. The smallest absolute Gasteiger partial charge is 0.240 e. The summed E-state index contributed by atoms with van der Waals surface area (Å²) in [5, 5.41) is 0. The summed E-state index contributed by atoms with van der Waals surface area (Å²) in [7, 11) is -6.98. The number of piperidine rings is 1. The molecule has 168 valence electrons. The van der Waals surface area contributed by atoms with E-state index in [9.17, 15) is 16.8 Å². The molecule has 9 nitrogen and oxygen atoms in total. The van der Waals surface area contributed by atoms with Crippen molar-refractivity contribution in [1.82, 2.24) is 14.7 Å². The quantitative estimate of drug-likeness (QED) is 0.689. The Labute approximate surface area is 183 Å². The fourth-order valence-corrected chi connectivity index (χ4v) is 6.73. The molecule has 0 saturated carbocycles. The molecule has 1 N–H and O–H groups in total. The highest BCUT2D eigenvalue weighted by atomic mass is 32.2. The number of hydrogen-bond donors (Lipinski definition) is 1. The molecule has 2 aromatic rings. The van der Waals surface area contributed by atoms with Crippen LogP contribution in [-0.4, -0.2) is 58.7 Å². The molecule has 0 unspecified atom stereocenters. The maximum absolute atomic E-state index is 12.7. The van der Waals surface area contributed by atoms with Crippen LogP contribution in [-0.2, 0) is 20.0 Å². The van der Waals surface area contributed by atoms with Crippen molar-refractivity contribution in [1.29, 1.82) is 0 Å². The summed E-state index contributed by atoms with van der Waals surface area (Å²) in [6, 6.07) is 7.85. The molecule has 4 rings (SSSR count). The Hall–Kier alpha value is -2.24. The van der Waals surface area contributed by atoms with Crippen molar-refractivity contribution >= 4 is 31.7 Å². The number of nitrogens with zero attached hydrogens (tertiary/aromatic N) is 4. The molecular formula is C20H27N5O4S2. The van der Waals surface area contributed by atoms with Crippen LogP contribution < -0.4 is 13.9 Å². The normalized spacial score (nSPS) is 20.0. The number of aromatic nitrogens is 2. The Bertz CT molecular complexity index is 1080. The van der Waals surface area contributed by atoms with Gasteiger partial charge in [0.2, 0.25) is 26.0 Å². The number of rotatable bonds is 6. The van der Waals surface area contributed by atoms with E-state index < -0.39 is 20.0 Å². The van der Waals surface area contributed by atoms with Crippen molar-refractivity contribution in [2.24, 2.45) is 5.92 Å². The third-order valence-corrected chi connectivity index (χ3v) is 9.10. The minimum absolute atomic E-state index is 0.129. The Morgan fingerprint density at radius 3 is 2.32 bits per heavy atom. The van der Waals surface area contributed by atoms with Crippen molar-refractivity contribution < 1.29 is 16.8 Å². The minimum Gasteiger partial charge on any atom is -0.341 e. The number of anilines is 2. The summed E-state index contributed by atoms with van der Waals surface area (Å²) in [6.45, 7) is 2.37. The average molecular weight is 466 g/mol. The van der Waals surface area contributed by atoms with Gasteiger partial charge in [0, 0.05) is 38.6 Å². The van der Waals surface area contributed by atoms with Gasteiger partial charge in [-0.1, -0.05) is 0 Å². The SMILES string of the molecule is O=S(=O)(NCC1CCN(c2ncccn2)CC1)c1ccc(N2CCCCS2(=O)=O)cc1. The molecule has 1 aromatic carbocycles. The lowest BCUT2D eigenvalue weighted by Crippen LogP contribution is -2.39. The number of benzene rings is 1. The number of hydrogen-bond acceptors (Lipinski definition) is 7. The van der Waals surface area contributed by atoms with Crippen molar-refractivity contribution in [3.8, 4) is 0 Å². The lowest BCUT2D eigenvalue weighted by atomic mass is 9.97. The van der Waals surface area contributed by atoms with Gasteiger partial charge in [-0.3, -0.25) is 4.31 Å². The molecule has 1 aromatic heterocycles. The van der Waals surface area contributed by atoms with Gasteiger partial charge in [0.05, 0.1) is 16.3 Å². The Morgan fingerprint density at radius 1 is 1.00 bits per heavy atom. The van der Waals surface area contributed by atoms with Crippen LogP contribution in [0.4, 0.5) is 11.6 Å². The molecule has 2 saturated heterocycles. The van der Waals surface area contributed by atoms with E-state index in [-0.39, 0.29) is 16.6 Å². The van der Waals surface area contributed by atoms with Gasteiger partial charge in [0.15, 0.2) is 0 Å². The van der Waals surface area contributed by atoms with Crippen LogP contribution in [0, 0.1) is 5.92 Å². The highest BCUT2D eigenvalue weighted by Gasteiger charge is 2.27. The molecule has 31 heavy (non-hydrogen) atoms. The molecule has 11 heteroatoms. The maximum Gasteiger partial charge on any atom is 0.240 e. The first-order valence-corrected chi connectivity index (χ1v) is 13.6. The van der Waals surface area contributed by atoms with Crippen LogP contribution in [0.3, 0.4) is 0 Å². The van der Waals surface area contributed by atoms with Crippen LogP contribution in [0.5, 0.6) is 0 Å². The molecule has 3 heterocycles. The molecule has 0 amide bonds. The monoisotopic (exact) mass is 465 g/mol. The highest BCUT2D eigenvalue weighted by Crippen LogP contribution is 2.25. The van der Waals surface area contributed by atoms with E-state index in [1.54, 1.807) is 30.6 Å². The topological polar surface area (TPSA) is 113 Å². The zero-order chi connectivity index (χ0) is 21.9. The largest absolute Gasteiger partial charge is 0.341 e. The van der Waals surface area contributed by atoms with Gasteiger partial charge in [-0.05, 0) is 61.9 Å². The first kappa shape index (κ1) is 22.0. The van der Waals surface area contributed by atoms with Crippen molar-refractivity contribution in [2.45, 2.75) is 30.6 Å². The highest BCUT2D eigenvalue weighted by molar-refractivity contribution is 7.92. The average Bonchev–Trinajstić information content (AvgIpc) is 2.79. The molecule has 2 aliphatic rings. The molecule has 2 fully saturated rings. The first-order chi connectivity index (χ1) is 14.9. The summed E-state index contributed by atoms with van der Waals surface area (Å²) in [6.07, 6.45) is 6.60. The molecule has 0 atom stereocenters. The second-order valence-corrected chi connectivity index (χ2v) is 11.7. The van der Waals surface area contributed by atoms with Gasteiger partial charge < -0.3 is 4.90 Å². The predicted molar refractivity (Wildman–Crippen MR) is 119 cm³/mol. The van der Waals surface area contributed by atoms with Crippen LogP contribution in [0.15, 0.2) is 47.6 Å². The van der Waals surface area contributed by atoms with Crippen molar-refractivity contribution in [2.75, 3.05) is 41.1 Å². The van der Waals surface area contributed by atoms with E-state index in [0.29, 0.717) is 31.1 Å². The fourth-order valence-electron chi connectivity index (χ4n) is 3.97. The van der Waals surface area contributed by atoms with Gasteiger partial charge in [-0.25, -0.2) is 31.5 Å². The summed E-state index contributed by atoms with van der Waals surface area (Å²) in [5.41, 5.74) is 0.508.